The molecule has 3 unspecified atom stereocenters. The minimum atomic E-state index is -0.0392. The maximum atomic E-state index is 9.91. The van der Waals surface area contributed by atoms with Gasteiger partial charge in [-0.2, -0.15) is 0 Å². The SMILES string of the molecule is CC12CCC(C1)C(C)(C)C2NCc1cccc(O)c1O. The number of fused-ring (bicyclic) bond motifs is 2. The van der Waals surface area contributed by atoms with E-state index in [2.05, 4.69) is 26.1 Å². The molecule has 110 valence electrons. The molecular formula is C17H25NO2. The number of phenolic OH excluding ortho intramolecular Hbond substituents is 2. The fourth-order valence-electron chi connectivity index (χ4n) is 4.74. The van der Waals surface area contributed by atoms with E-state index in [4.69, 9.17) is 0 Å². The van der Waals surface area contributed by atoms with Crippen LogP contribution in [0.15, 0.2) is 18.2 Å². The second-order valence-corrected chi connectivity index (χ2v) is 7.51. The summed E-state index contributed by atoms with van der Waals surface area (Å²) in [6, 6.07) is 5.63. The van der Waals surface area contributed by atoms with E-state index in [1.165, 1.54) is 25.3 Å². The minimum Gasteiger partial charge on any atom is -0.504 e. The van der Waals surface area contributed by atoms with Crippen LogP contribution >= 0.6 is 0 Å². The third-order valence-electron chi connectivity index (χ3n) is 5.86. The summed E-state index contributed by atoms with van der Waals surface area (Å²) < 4.78 is 0. The number of rotatable bonds is 3. The molecule has 0 saturated heterocycles. The first-order chi connectivity index (χ1) is 9.34. The van der Waals surface area contributed by atoms with E-state index in [1.54, 1.807) is 6.07 Å². The van der Waals surface area contributed by atoms with Crippen molar-refractivity contribution in [3.63, 3.8) is 0 Å². The minimum absolute atomic E-state index is 0.00566. The number of hydrogen-bond donors (Lipinski definition) is 3. The van der Waals surface area contributed by atoms with Crippen LogP contribution in [0, 0.1) is 16.7 Å². The van der Waals surface area contributed by atoms with Crippen molar-refractivity contribution in [1.82, 2.24) is 5.32 Å². The third kappa shape index (κ3) is 1.91. The maximum absolute atomic E-state index is 9.91. The highest BCUT2D eigenvalue weighted by Gasteiger charge is 2.58. The van der Waals surface area contributed by atoms with Crippen LogP contribution in [0.25, 0.3) is 0 Å². The van der Waals surface area contributed by atoms with E-state index in [0.29, 0.717) is 23.4 Å². The zero-order valence-corrected chi connectivity index (χ0v) is 12.6. The van der Waals surface area contributed by atoms with Gasteiger partial charge in [0.2, 0.25) is 0 Å². The zero-order chi connectivity index (χ0) is 14.5. The summed E-state index contributed by atoms with van der Waals surface area (Å²) in [6.45, 7) is 7.72. The lowest BCUT2D eigenvalue weighted by atomic mass is 9.68. The Balaban J connectivity index is 1.77. The van der Waals surface area contributed by atoms with Crippen molar-refractivity contribution >= 4 is 0 Å². The Morgan fingerprint density at radius 3 is 2.65 bits per heavy atom. The Bertz CT molecular complexity index is 521. The smallest absolute Gasteiger partial charge is 0.161 e. The van der Waals surface area contributed by atoms with Gasteiger partial charge in [-0.25, -0.2) is 0 Å². The van der Waals surface area contributed by atoms with Gasteiger partial charge in [0.25, 0.3) is 0 Å². The average molecular weight is 275 g/mol. The summed E-state index contributed by atoms with van der Waals surface area (Å²) in [5.41, 5.74) is 1.45. The van der Waals surface area contributed by atoms with E-state index >= 15 is 0 Å². The lowest BCUT2D eigenvalue weighted by Crippen LogP contribution is -2.49. The van der Waals surface area contributed by atoms with Crippen LogP contribution in [-0.2, 0) is 6.54 Å². The topological polar surface area (TPSA) is 52.5 Å². The van der Waals surface area contributed by atoms with Crippen molar-refractivity contribution in [2.75, 3.05) is 0 Å². The van der Waals surface area contributed by atoms with E-state index in [0.717, 1.165) is 11.5 Å². The van der Waals surface area contributed by atoms with Crippen LogP contribution < -0.4 is 5.32 Å². The van der Waals surface area contributed by atoms with E-state index in [9.17, 15) is 10.2 Å². The highest BCUT2D eigenvalue weighted by atomic mass is 16.3. The number of nitrogens with one attached hydrogen (secondary N) is 1. The van der Waals surface area contributed by atoms with Crippen LogP contribution in [0.5, 0.6) is 11.5 Å². The number of aromatic hydroxyl groups is 2. The second-order valence-electron chi connectivity index (χ2n) is 7.51. The molecule has 2 saturated carbocycles. The van der Waals surface area contributed by atoms with Gasteiger partial charge >= 0.3 is 0 Å². The molecule has 1 aromatic carbocycles. The molecule has 2 aliphatic rings. The van der Waals surface area contributed by atoms with Crippen molar-refractivity contribution < 1.29 is 10.2 Å². The Hall–Kier alpha value is -1.22. The Labute approximate surface area is 121 Å². The van der Waals surface area contributed by atoms with Gasteiger partial charge in [-0.05, 0) is 42.1 Å². The van der Waals surface area contributed by atoms with Crippen molar-refractivity contribution in [1.29, 1.82) is 0 Å². The summed E-state index contributed by atoms with van der Waals surface area (Å²) in [4.78, 5) is 0. The standard InChI is InChI=1S/C17H25NO2/c1-16(2)12-7-8-17(3,9-12)15(16)18-10-11-5-4-6-13(19)14(11)20/h4-6,12,15,18-20H,7-10H2,1-3H3. The van der Waals surface area contributed by atoms with E-state index in [-0.39, 0.29) is 11.5 Å². The summed E-state index contributed by atoms with van der Waals surface area (Å²) >= 11 is 0. The number of benzene rings is 1. The van der Waals surface area contributed by atoms with Gasteiger partial charge in [-0.3, -0.25) is 0 Å². The first kappa shape index (κ1) is 13.7. The fourth-order valence-corrected chi connectivity index (χ4v) is 4.74. The first-order valence-electron chi connectivity index (χ1n) is 7.58. The molecule has 3 rings (SSSR count). The summed E-state index contributed by atoms with van der Waals surface area (Å²) in [5, 5.41) is 23.1. The van der Waals surface area contributed by atoms with Crippen LogP contribution in [0.3, 0.4) is 0 Å². The fraction of sp³-hybridized carbons (Fsp3) is 0.647. The monoisotopic (exact) mass is 275 g/mol. The zero-order valence-electron chi connectivity index (χ0n) is 12.6. The van der Waals surface area contributed by atoms with Crippen LogP contribution in [0.2, 0.25) is 0 Å². The van der Waals surface area contributed by atoms with Gasteiger partial charge in [0.1, 0.15) is 0 Å². The van der Waals surface area contributed by atoms with E-state index < -0.39 is 0 Å². The molecule has 0 amide bonds. The molecule has 2 aliphatic carbocycles. The maximum Gasteiger partial charge on any atom is 0.161 e. The van der Waals surface area contributed by atoms with Gasteiger partial charge in [0.05, 0.1) is 0 Å². The molecule has 0 heterocycles. The lowest BCUT2D eigenvalue weighted by Gasteiger charge is -2.43. The van der Waals surface area contributed by atoms with Gasteiger partial charge in [0.15, 0.2) is 11.5 Å². The molecule has 3 atom stereocenters. The van der Waals surface area contributed by atoms with Gasteiger partial charge in [0, 0.05) is 18.2 Å². The summed E-state index contributed by atoms with van der Waals surface area (Å²) in [5.74, 6) is 0.775. The molecule has 0 aliphatic heterocycles. The molecule has 0 aromatic heterocycles. The number of hydrogen-bond acceptors (Lipinski definition) is 3. The lowest BCUT2D eigenvalue weighted by molar-refractivity contribution is 0.108. The van der Waals surface area contributed by atoms with Gasteiger partial charge < -0.3 is 15.5 Å². The molecule has 20 heavy (non-hydrogen) atoms. The quantitative estimate of drug-likeness (QED) is 0.741. The Kier molecular flexibility index (Phi) is 3.02. The largest absolute Gasteiger partial charge is 0.504 e. The number of para-hydroxylation sites is 1. The Morgan fingerprint density at radius 2 is 2.00 bits per heavy atom. The van der Waals surface area contributed by atoms with Gasteiger partial charge in [-0.15, -0.1) is 0 Å². The Morgan fingerprint density at radius 1 is 1.25 bits per heavy atom. The van der Waals surface area contributed by atoms with Gasteiger partial charge in [-0.1, -0.05) is 32.9 Å². The van der Waals surface area contributed by atoms with Crippen LogP contribution in [-0.4, -0.2) is 16.3 Å². The molecule has 0 radical (unpaired) electrons. The predicted molar refractivity (Wildman–Crippen MR) is 79.6 cm³/mol. The van der Waals surface area contributed by atoms with E-state index in [1.807, 2.05) is 6.07 Å². The van der Waals surface area contributed by atoms with Crippen molar-refractivity contribution in [2.45, 2.75) is 52.6 Å². The predicted octanol–water partition coefficient (Wildman–Crippen LogP) is 3.40. The van der Waals surface area contributed by atoms with Crippen molar-refractivity contribution in [3.05, 3.63) is 23.8 Å². The molecule has 3 heteroatoms. The third-order valence-corrected chi connectivity index (χ3v) is 5.86. The molecule has 0 spiro atoms. The van der Waals surface area contributed by atoms with Crippen molar-refractivity contribution in [3.8, 4) is 11.5 Å². The van der Waals surface area contributed by atoms with Crippen molar-refractivity contribution in [2.24, 2.45) is 16.7 Å². The second kappa shape index (κ2) is 4.39. The summed E-state index contributed by atoms with van der Waals surface area (Å²) in [6.07, 6.45) is 3.95. The number of phenols is 2. The molecular weight excluding hydrogens is 250 g/mol. The highest BCUT2D eigenvalue weighted by molar-refractivity contribution is 5.44. The normalized spacial score (nSPS) is 34.5. The first-order valence-corrected chi connectivity index (χ1v) is 7.58. The molecule has 1 aromatic rings. The highest BCUT2D eigenvalue weighted by Crippen LogP contribution is 2.62. The molecule has 3 N–H and O–H groups in total. The molecule has 2 fully saturated rings. The molecule has 3 nitrogen and oxygen atoms in total. The van der Waals surface area contributed by atoms with Crippen LogP contribution in [0.1, 0.15) is 45.6 Å². The summed E-state index contributed by atoms with van der Waals surface area (Å²) in [7, 11) is 0. The molecule has 2 bridgehead atoms. The van der Waals surface area contributed by atoms with Crippen LogP contribution in [0.4, 0.5) is 0 Å². The average Bonchev–Trinajstić information content (AvgIpc) is 2.85.